The number of ether oxygens (including phenoxy) is 5. The maximum atomic E-state index is 6.60. The third-order valence-corrected chi connectivity index (χ3v) is 7.17. The highest BCUT2D eigenvalue weighted by atomic mass is 16.7. The zero-order valence-corrected chi connectivity index (χ0v) is 21.5. The summed E-state index contributed by atoms with van der Waals surface area (Å²) in [4.78, 5) is 0. The van der Waals surface area contributed by atoms with Gasteiger partial charge in [0.1, 0.15) is 6.10 Å². The summed E-state index contributed by atoms with van der Waals surface area (Å²) in [6.45, 7) is 2.96. The molecule has 1 aliphatic carbocycles. The first-order valence-electron chi connectivity index (χ1n) is 13.5. The fourth-order valence-corrected chi connectivity index (χ4v) is 5.22. The molecule has 1 aliphatic heterocycles. The van der Waals surface area contributed by atoms with E-state index in [1.54, 1.807) is 0 Å². The van der Waals surface area contributed by atoms with Crippen LogP contribution in [0.2, 0.25) is 0 Å². The lowest BCUT2D eigenvalue weighted by molar-refractivity contribution is -0.215. The van der Waals surface area contributed by atoms with Gasteiger partial charge in [-0.15, -0.1) is 0 Å². The highest BCUT2D eigenvalue weighted by molar-refractivity contribution is 5.15. The van der Waals surface area contributed by atoms with Crippen molar-refractivity contribution in [1.82, 2.24) is 0 Å². The summed E-state index contributed by atoms with van der Waals surface area (Å²) < 4.78 is 31.9. The maximum absolute atomic E-state index is 6.60. The van der Waals surface area contributed by atoms with Gasteiger partial charge in [-0.3, -0.25) is 0 Å². The van der Waals surface area contributed by atoms with Crippen molar-refractivity contribution in [3.05, 3.63) is 108 Å². The first kappa shape index (κ1) is 26.1. The van der Waals surface area contributed by atoms with E-state index in [1.165, 1.54) is 5.56 Å². The van der Waals surface area contributed by atoms with Crippen molar-refractivity contribution in [2.24, 2.45) is 5.92 Å². The molecule has 1 saturated carbocycles. The van der Waals surface area contributed by atoms with E-state index in [2.05, 4.69) is 36.4 Å². The summed E-state index contributed by atoms with van der Waals surface area (Å²) in [6, 6.07) is 30.9. The highest BCUT2D eigenvalue weighted by Crippen LogP contribution is 2.36. The van der Waals surface area contributed by atoms with E-state index in [4.69, 9.17) is 23.7 Å². The molecule has 5 nitrogen and oxygen atoms in total. The molecule has 0 spiro atoms. The molecule has 37 heavy (non-hydrogen) atoms. The van der Waals surface area contributed by atoms with Crippen molar-refractivity contribution in [1.29, 1.82) is 0 Å². The van der Waals surface area contributed by atoms with Crippen molar-refractivity contribution in [2.45, 2.75) is 70.1 Å². The van der Waals surface area contributed by atoms with Crippen LogP contribution in [0, 0.1) is 5.92 Å². The first-order valence-corrected chi connectivity index (χ1v) is 13.5. The summed E-state index contributed by atoms with van der Waals surface area (Å²) in [7, 11) is 0. The number of hydrogen-bond donors (Lipinski definition) is 0. The molecule has 0 radical (unpaired) electrons. The van der Waals surface area contributed by atoms with E-state index >= 15 is 0 Å². The Balaban J connectivity index is 1.30. The van der Waals surface area contributed by atoms with Gasteiger partial charge in [-0.1, -0.05) is 91.0 Å². The molecule has 0 aromatic heterocycles. The lowest BCUT2D eigenvalue weighted by atomic mass is 10.1. The van der Waals surface area contributed by atoms with Gasteiger partial charge < -0.3 is 23.7 Å². The largest absolute Gasteiger partial charge is 0.376 e. The lowest BCUT2D eigenvalue weighted by Gasteiger charge is -2.31. The Bertz CT molecular complexity index is 1020. The van der Waals surface area contributed by atoms with Gasteiger partial charge >= 0.3 is 0 Å². The van der Waals surface area contributed by atoms with Gasteiger partial charge in [0.2, 0.25) is 0 Å². The van der Waals surface area contributed by atoms with Crippen molar-refractivity contribution >= 4 is 0 Å². The van der Waals surface area contributed by atoms with Crippen molar-refractivity contribution in [3.63, 3.8) is 0 Å². The quantitative estimate of drug-likeness (QED) is 0.291. The van der Waals surface area contributed by atoms with Crippen LogP contribution in [0.5, 0.6) is 0 Å². The first-order chi connectivity index (χ1) is 18.3. The van der Waals surface area contributed by atoms with Crippen molar-refractivity contribution in [2.75, 3.05) is 13.2 Å². The fraction of sp³-hybridized carbons (Fsp3) is 0.438. The van der Waals surface area contributed by atoms with E-state index in [-0.39, 0.29) is 30.5 Å². The molecule has 3 aromatic rings. The molecule has 5 heteroatoms. The Labute approximate surface area is 220 Å². The van der Waals surface area contributed by atoms with Crippen LogP contribution in [0.25, 0.3) is 0 Å². The maximum Gasteiger partial charge on any atom is 0.158 e. The van der Waals surface area contributed by atoms with Crippen LogP contribution in [0.1, 0.15) is 42.4 Å². The van der Waals surface area contributed by atoms with Crippen LogP contribution >= 0.6 is 0 Å². The predicted octanol–water partition coefficient (Wildman–Crippen LogP) is 6.31. The molecule has 3 aromatic carbocycles. The van der Waals surface area contributed by atoms with Gasteiger partial charge in [0.15, 0.2) is 6.29 Å². The second kappa shape index (κ2) is 13.8. The van der Waals surface area contributed by atoms with Gasteiger partial charge in [-0.25, -0.2) is 0 Å². The summed E-state index contributed by atoms with van der Waals surface area (Å²) >= 11 is 0. The minimum atomic E-state index is -0.209. The van der Waals surface area contributed by atoms with Gasteiger partial charge in [0.25, 0.3) is 0 Å². The predicted molar refractivity (Wildman–Crippen MR) is 143 cm³/mol. The van der Waals surface area contributed by atoms with E-state index in [0.717, 1.165) is 43.4 Å². The zero-order valence-electron chi connectivity index (χ0n) is 21.5. The smallest absolute Gasteiger partial charge is 0.158 e. The molecule has 1 heterocycles. The molecule has 1 saturated heterocycles. The van der Waals surface area contributed by atoms with Crippen LogP contribution in [0.15, 0.2) is 91.0 Å². The topological polar surface area (TPSA) is 46.2 Å². The minimum Gasteiger partial charge on any atom is -0.376 e. The summed E-state index contributed by atoms with van der Waals surface area (Å²) in [6.07, 6.45) is 3.31. The van der Waals surface area contributed by atoms with Crippen LogP contribution < -0.4 is 0 Å². The Morgan fingerprint density at radius 2 is 1.22 bits per heavy atom. The second-order valence-electron chi connectivity index (χ2n) is 9.99. The third kappa shape index (κ3) is 7.73. The van der Waals surface area contributed by atoms with Crippen LogP contribution in [-0.4, -0.2) is 37.8 Å². The summed E-state index contributed by atoms with van der Waals surface area (Å²) in [5.41, 5.74) is 3.46. The second-order valence-corrected chi connectivity index (χ2v) is 9.99. The fourth-order valence-electron chi connectivity index (χ4n) is 5.22. The Morgan fingerprint density at radius 1 is 0.649 bits per heavy atom. The van der Waals surface area contributed by atoms with Gasteiger partial charge in [0.05, 0.1) is 38.6 Å². The Morgan fingerprint density at radius 3 is 1.78 bits per heavy atom. The average molecular weight is 503 g/mol. The van der Waals surface area contributed by atoms with E-state index < -0.39 is 0 Å². The van der Waals surface area contributed by atoms with Crippen molar-refractivity contribution in [3.8, 4) is 0 Å². The van der Waals surface area contributed by atoms with Gasteiger partial charge in [0, 0.05) is 12.5 Å². The summed E-state index contributed by atoms with van der Waals surface area (Å²) in [5, 5.41) is 0. The Hall–Kier alpha value is -2.54. The molecule has 196 valence electrons. The molecule has 5 rings (SSSR count). The molecule has 0 N–H and O–H groups in total. The SMILES string of the molecule is c1ccc(COC[C@H]2C[C@H](OC3CCCCO3)C(OCc3ccccc3)[C@@H]2OCc2ccccc2)cc1. The standard InChI is InChI=1S/C32H38O5/c1-4-12-25(13-5-1)21-33-24-28-20-29(37-30-18-10-11-19-34-30)32(36-23-27-16-8-3-9-17-27)31(28)35-22-26-14-6-2-7-15-26/h1-9,12-17,28-32H,10-11,18-24H2/t28-,29+,30?,31-,32?/m1/s1. The normalized spacial score (nSPS) is 25.8. The third-order valence-electron chi connectivity index (χ3n) is 7.17. The van der Waals surface area contributed by atoms with Crippen LogP contribution in [0.3, 0.4) is 0 Å². The molecular formula is C32H38O5. The average Bonchev–Trinajstić information content (AvgIpc) is 3.28. The van der Waals surface area contributed by atoms with E-state index in [9.17, 15) is 0 Å². The van der Waals surface area contributed by atoms with Gasteiger partial charge in [-0.2, -0.15) is 0 Å². The number of rotatable bonds is 12. The molecule has 5 atom stereocenters. The molecule has 2 fully saturated rings. The van der Waals surface area contributed by atoms with E-state index in [1.807, 2.05) is 54.6 Å². The molecule has 2 unspecified atom stereocenters. The lowest BCUT2D eigenvalue weighted by Crippen LogP contribution is -2.40. The van der Waals surface area contributed by atoms with E-state index in [0.29, 0.717) is 26.4 Å². The monoisotopic (exact) mass is 502 g/mol. The molecule has 0 amide bonds. The molecule has 2 aliphatic rings. The van der Waals surface area contributed by atoms with Gasteiger partial charge in [-0.05, 0) is 42.4 Å². The Kier molecular flexibility index (Phi) is 9.76. The minimum absolute atomic E-state index is 0.113. The number of benzene rings is 3. The summed E-state index contributed by atoms with van der Waals surface area (Å²) in [5.74, 6) is 0.154. The van der Waals surface area contributed by atoms with Crippen molar-refractivity contribution < 1.29 is 23.7 Å². The zero-order chi connectivity index (χ0) is 25.1. The number of hydrogen-bond acceptors (Lipinski definition) is 5. The van der Waals surface area contributed by atoms with Crippen LogP contribution in [-0.2, 0) is 43.5 Å². The highest BCUT2D eigenvalue weighted by Gasteiger charge is 2.47. The van der Waals surface area contributed by atoms with Crippen LogP contribution in [0.4, 0.5) is 0 Å². The molecule has 0 bridgehead atoms. The molecular weight excluding hydrogens is 464 g/mol.